The Morgan fingerprint density at radius 1 is 1.30 bits per heavy atom. The van der Waals surface area contributed by atoms with Gasteiger partial charge in [-0.05, 0) is 36.5 Å². The number of carbonyl (C=O) groups is 1. The van der Waals surface area contributed by atoms with E-state index >= 15 is 0 Å². The van der Waals surface area contributed by atoms with Crippen molar-refractivity contribution in [3.63, 3.8) is 0 Å². The predicted molar refractivity (Wildman–Crippen MR) is 76.3 cm³/mol. The Morgan fingerprint density at radius 2 is 2.05 bits per heavy atom. The van der Waals surface area contributed by atoms with E-state index in [1.54, 1.807) is 10.6 Å². The van der Waals surface area contributed by atoms with E-state index in [1.165, 1.54) is 6.92 Å². The summed E-state index contributed by atoms with van der Waals surface area (Å²) < 4.78 is 7.06. The first-order valence-corrected chi connectivity index (χ1v) is 6.75. The monoisotopic (exact) mass is 267 g/mol. The Kier molecular flexibility index (Phi) is 2.19. The topological polar surface area (TPSA) is 52.2 Å². The van der Waals surface area contributed by atoms with E-state index in [1.807, 2.05) is 24.3 Å². The number of para-hydroxylation sites is 1. The lowest BCUT2D eigenvalue weighted by Crippen LogP contribution is -2.08. The first kappa shape index (κ1) is 11.5. The number of nitrogens with zero attached hydrogens (tertiary/aromatic N) is 1. The molecule has 2 aromatic heterocycles. The third kappa shape index (κ3) is 1.48. The van der Waals surface area contributed by atoms with Gasteiger partial charge >= 0.3 is 5.63 Å². The zero-order valence-electron chi connectivity index (χ0n) is 11.1. The number of aromatic nitrogens is 1. The van der Waals surface area contributed by atoms with Crippen LogP contribution in [0.1, 0.15) is 36.0 Å². The maximum Gasteiger partial charge on any atom is 0.336 e. The van der Waals surface area contributed by atoms with Crippen molar-refractivity contribution in [3.8, 4) is 0 Å². The van der Waals surface area contributed by atoms with Crippen molar-refractivity contribution in [2.75, 3.05) is 0 Å². The van der Waals surface area contributed by atoms with Crippen LogP contribution in [0.2, 0.25) is 0 Å². The second kappa shape index (κ2) is 3.82. The van der Waals surface area contributed by atoms with E-state index < -0.39 is 0 Å². The molecule has 20 heavy (non-hydrogen) atoms. The molecule has 2 heterocycles. The highest BCUT2D eigenvalue weighted by Crippen LogP contribution is 2.44. The first-order valence-electron chi connectivity index (χ1n) is 6.75. The molecule has 1 saturated carbocycles. The summed E-state index contributed by atoms with van der Waals surface area (Å²) in [5.41, 5.74) is 2.70. The van der Waals surface area contributed by atoms with Crippen LogP contribution in [0, 0.1) is 0 Å². The molecule has 0 radical (unpaired) electrons. The highest BCUT2D eigenvalue weighted by atomic mass is 16.4. The molecular weight excluding hydrogens is 254 g/mol. The molecule has 1 aliphatic carbocycles. The average molecular weight is 267 g/mol. The van der Waals surface area contributed by atoms with E-state index in [0.29, 0.717) is 11.5 Å². The summed E-state index contributed by atoms with van der Waals surface area (Å²) in [6, 6.07) is 9.08. The second-order valence-electron chi connectivity index (χ2n) is 5.34. The summed E-state index contributed by atoms with van der Waals surface area (Å²) in [5.74, 6) is 0.316. The van der Waals surface area contributed by atoms with Crippen molar-refractivity contribution in [1.82, 2.24) is 4.57 Å². The second-order valence-corrected chi connectivity index (χ2v) is 5.34. The van der Waals surface area contributed by atoms with Gasteiger partial charge < -0.3 is 4.42 Å². The largest absolute Gasteiger partial charge is 0.420 e. The molecule has 1 fully saturated rings. The van der Waals surface area contributed by atoms with Crippen molar-refractivity contribution in [2.45, 2.75) is 25.7 Å². The van der Waals surface area contributed by atoms with Crippen molar-refractivity contribution in [3.05, 3.63) is 46.3 Å². The van der Waals surface area contributed by atoms with E-state index in [4.69, 9.17) is 4.42 Å². The average Bonchev–Trinajstić information content (AvgIpc) is 3.20. The first-order chi connectivity index (χ1) is 9.66. The van der Waals surface area contributed by atoms with Crippen LogP contribution in [-0.2, 0) is 0 Å². The van der Waals surface area contributed by atoms with Crippen molar-refractivity contribution in [1.29, 1.82) is 0 Å². The lowest BCUT2D eigenvalue weighted by atomic mass is 10.1. The van der Waals surface area contributed by atoms with Crippen molar-refractivity contribution in [2.24, 2.45) is 0 Å². The van der Waals surface area contributed by atoms with Gasteiger partial charge in [0.2, 0.25) is 5.91 Å². The van der Waals surface area contributed by atoms with Crippen LogP contribution in [-0.4, -0.2) is 10.5 Å². The lowest BCUT2D eigenvalue weighted by Gasteiger charge is -2.05. The molecule has 0 bridgehead atoms. The molecule has 0 spiro atoms. The van der Waals surface area contributed by atoms with Gasteiger partial charge in [-0.1, -0.05) is 12.1 Å². The van der Waals surface area contributed by atoms with E-state index in [0.717, 1.165) is 34.8 Å². The molecule has 0 saturated heterocycles. The minimum Gasteiger partial charge on any atom is -0.420 e. The summed E-state index contributed by atoms with van der Waals surface area (Å²) >= 11 is 0. The van der Waals surface area contributed by atoms with E-state index in [2.05, 4.69) is 0 Å². The molecule has 0 aliphatic heterocycles. The quantitative estimate of drug-likeness (QED) is 0.679. The van der Waals surface area contributed by atoms with E-state index in [-0.39, 0.29) is 11.5 Å². The van der Waals surface area contributed by atoms with Crippen molar-refractivity contribution < 1.29 is 9.21 Å². The fraction of sp³-hybridized carbons (Fsp3) is 0.250. The van der Waals surface area contributed by atoms with Crippen LogP contribution < -0.4 is 5.63 Å². The molecule has 4 heteroatoms. The third-order valence-electron chi connectivity index (χ3n) is 3.91. The van der Waals surface area contributed by atoms with Crippen LogP contribution in [0.15, 0.2) is 39.5 Å². The molecule has 0 unspecified atom stereocenters. The molecule has 1 aromatic carbocycles. The van der Waals surface area contributed by atoms with Gasteiger partial charge in [-0.2, -0.15) is 0 Å². The Balaban J connectivity index is 2.30. The normalized spacial score (nSPS) is 15.1. The van der Waals surface area contributed by atoms with Gasteiger partial charge in [-0.15, -0.1) is 0 Å². The van der Waals surface area contributed by atoms with Gasteiger partial charge in [-0.25, -0.2) is 4.79 Å². The summed E-state index contributed by atoms with van der Waals surface area (Å²) in [6.07, 6.45) is 2.13. The van der Waals surface area contributed by atoms with Crippen LogP contribution in [0.3, 0.4) is 0 Å². The molecule has 3 aromatic rings. The zero-order chi connectivity index (χ0) is 13.9. The number of carbonyl (C=O) groups excluding carboxylic acids is 1. The minimum atomic E-state index is -0.342. The summed E-state index contributed by atoms with van der Waals surface area (Å²) in [4.78, 5) is 23.9. The maximum absolute atomic E-state index is 12.1. The van der Waals surface area contributed by atoms with Crippen LogP contribution in [0.4, 0.5) is 0 Å². The lowest BCUT2D eigenvalue weighted by molar-refractivity contribution is 0.0946. The smallest absolute Gasteiger partial charge is 0.336 e. The van der Waals surface area contributed by atoms with Gasteiger partial charge in [0.1, 0.15) is 0 Å². The summed E-state index contributed by atoms with van der Waals surface area (Å²) in [6.45, 7) is 1.54. The standard InChI is InChI=1S/C16H13NO3/c1-9(18)17-13-5-3-2-4-11(13)16-15(17)12(10-6-7-10)8-14(19)20-16/h2-5,8,10H,6-7H2,1H3. The van der Waals surface area contributed by atoms with Gasteiger partial charge in [0, 0.05) is 18.4 Å². The number of rotatable bonds is 1. The van der Waals surface area contributed by atoms with Crippen LogP contribution in [0.25, 0.3) is 22.0 Å². The van der Waals surface area contributed by atoms with Gasteiger partial charge in [0.15, 0.2) is 5.58 Å². The molecular formula is C16H13NO3. The fourth-order valence-electron chi connectivity index (χ4n) is 2.93. The molecule has 0 N–H and O–H groups in total. The Labute approximate surface area is 114 Å². The Bertz CT molecular complexity index is 913. The van der Waals surface area contributed by atoms with E-state index in [9.17, 15) is 9.59 Å². The summed E-state index contributed by atoms with van der Waals surface area (Å²) in [7, 11) is 0. The van der Waals surface area contributed by atoms with Crippen LogP contribution >= 0.6 is 0 Å². The number of benzene rings is 1. The highest BCUT2D eigenvalue weighted by molar-refractivity contribution is 6.11. The molecule has 4 rings (SSSR count). The molecule has 0 amide bonds. The maximum atomic E-state index is 12.1. The van der Waals surface area contributed by atoms with Gasteiger partial charge in [0.05, 0.1) is 11.0 Å². The van der Waals surface area contributed by atoms with Crippen molar-refractivity contribution >= 4 is 27.9 Å². The number of fused-ring (bicyclic) bond motifs is 3. The molecule has 1 aliphatic rings. The van der Waals surface area contributed by atoms with Crippen LogP contribution in [0.5, 0.6) is 0 Å². The molecule has 4 nitrogen and oxygen atoms in total. The molecule has 0 atom stereocenters. The zero-order valence-corrected chi connectivity index (χ0v) is 11.1. The Morgan fingerprint density at radius 3 is 2.75 bits per heavy atom. The Hall–Kier alpha value is -2.36. The minimum absolute atomic E-state index is 0.0630. The fourth-order valence-corrected chi connectivity index (χ4v) is 2.93. The molecule has 100 valence electrons. The number of hydrogen-bond donors (Lipinski definition) is 0. The highest BCUT2D eigenvalue weighted by Gasteiger charge is 2.30. The van der Waals surface area contributed by atoms with Gasteiger partial charge in [0.25, 0.3) is 0 Å². The SMILES string of the molecule is CC(=O)n1c2ccccc2c2oc(=O)cc(C3CC3)c21. The predicted octanol–water partition coefficient (Wildman–Crippen LogP) is 3.29. The number of hydrogen-bond acceptors (Lipinski definition) is 3. The van der Waals surface area contributed by atoms with Gasteiger partial charge in [-0.3, -0.25) is 9.36 Å². The third-order valence-corrected chi connectivity index (χ3v) is 3.91. The summed E-state index contributed by atoms with van der Waals surface area (Å²) in [5, 5.41) is 0.817.